The minimum absolute atomic E-state index is 1.16. The van der Waals surface area contributed by atoms with Crippen LogP contribution in [0.5, 0.6) is 0 Å². The lowest BCUT2D eigenvalue weighted by Gasteiger charge is -2.34. The van der Waals surface area contributed by atoms with E-state index in [-0.39, 0.29) is 0 Å². The first kappa shape index (κ1) is 29.8. The van der Waals surface area contributed by atoms with E-state index >= 15 is 0 Å². The van der Waals surface area contributed by atoms with Crippen molar-refractivity contribution in [1.82, 2.24) is 9.55 Å². The van der Waals surface area contributed by atoms with Gasteiger partial charge in [-0.05, 0) is 74.3 Å². The molecule has 51 heavy (non-hydrogen) atoms. The van der Waals surface area contributed by atoms with E-state index < -0.39 is 8.07 Å². The normalized spacial score (nSPS) is 11.9. The monoisotopic (exact) mass is 684 g/mol. The van der Waals surface area contributed by atoms with Gasteiger partial charge in [0.25, 0.3) is 0 Å². The third-order valence-corrected chi connectivity index (χ3v) is 16.4. The lowest BCUT2D eigenvalue weighted by Crippen LogP contribution is -2.74. The summed E-state index contributed by atoms with van der Waals surface area (Å²) in [4.78, 5) is 4.44. The van der Waals surface area contributed by atoms with Crippen LogP contribution in [0.3, 0.4) is 0 Å². The molecule has 0 spiro atoms. The van der Waals surface area contributed by atoms with Crippen LogP contribution in [0.2, 0.25) is 0 Å². The number of thiophene rings is 1. The van der Waals surface area contributed by atoms with E-state index in [1.54, 1.807) is 0 Å². The molecule has 0 aliphatic heterocycles. The molecule has 0 unspecified atom stereocenters. The molecule has 10 rings (SSSR count). The highest BCUT2D eigenvalue weighted by atomic mass is 32.1. The molecule has 0 amide bonds. The second kappa shape index (κ2) is 12.1. The average molecular weight is 685 g/mol. The lowest BCUT2D eigenvalue weighted by atomic mass is 10.0. The maximum atomic E-state index is 4.44. The number of hydrogen-bond donors (Lipinski definition) is 0. The van der Waals surface area contributed by atoms with E-state index in [9.17, 15) is 0 Å². The Balaban J connectivity index is 1.17. The van der Waals surface area contributed by atoms with E-state index in [4.69, 9.17) is 0 Å². The summed E-state index contributed by atoms with van der Waals surface area (Å²) in [5.41, 5.74) is 6.02. The number of benzene rings is 7. The van der Waals surface area contributed by atoms with Gasteiger partial charge in [0, 0.05) is 49.0 Å². The largest absolute Gasteiger partial charge is 0.309 e. The molecular weight excluding hydrogens is 653 g/mol. The van der Waals surface area contributed by atoms with Crippen molar-refractivity contribution in [3.63, 3.8) is 0 Å². The van der Waals surface area contributed by atoms with E-state index in [0.717, 1.165) is 5.69 Å². The highest BCUT2D eigenvalue weighted by molar-refractivity contribution is 7.25. The molecule has 7 aromatic carbocycles. The third kappa shape index (κ3) is 4.72. The number of aromatic nitrogens is 2. The summed E-state index contributed by atoms with van der Waals surface area (Å²) in [5.74, 6) is 0. The summed E-state index contributed by atoms with van der Waals surface area (Å²) in [6, 6.07) is 67.6. The van der Waals surface area contributed by atoms with Gasteiger partial charge in [-0.3, -0.25) is 4.98 Å². The van der Waals surface area contributed by atoms with Crippen LogP contribution in [0.25, 0.3) is 58.8 Å². The van der Waals surface area contributed by atoms with Crippen LogP contribution in [0.4, 0.5) is 0 Å². The standard InChI is InChI=1S/C47H32N2SSi/c1-4-14-36(15-5-1)51(37-16-6-2-7-17-37,38-18-8-3-9-19-38)39-20-12-13-33(29-39)34-23-25-45-41(30-34)40-21-10-11-22-44(40)49(45)35-24-26-46-42(31-35)43-32-48-28-27-47(43)50-46/h1-32H. The zero-order valence-electron chi connectivity index (χ0n) is 27.8. The molecule has 0 aliphatic rings. The minimum atomic E-state index is -2.65. The van der Waals surface area contributed by atoms with E-state index in [1.165, 1.54) is 73.9 Å². The van der Waals surface area contributed by atoms with Gasteiger partial charge in [0.15, 0.2) is 8.07 Å². The first-order valence-corrected chi connectivity index (χ1v) is 20.2. The van der Waals surface area contributed by atoms with E-state index in [0.29, 0.717) is 0 Å². The van der Waals surface area contributed by atoms with Crippen molar-refractivity contribution >= 4 is 82.1 Å². The van der Waals surface area contributed by atoms with Gasteiger partial charge in [0.2, 0.25) is 0 Å². The highest BCUT2D eigenvalue weighted by Gasteiger charge is 2.41. The van der Waals surface area contributed by atoms with Gasteiger partial charge < -0.3 is 4.57 Å². The molecule has 240 valence electrons. The Labute approximate surface area is 301 Å². The number of para-hydroxylation sites is 1. The summed E-state index contributed by atoms with van der Waals surface area (Å²) >= 11 is 1.83. The molecule has 0 aliphatic carbocycles. The van der Waals surface area contributed by atoms with Crippen molar-refractivity contribution < 1.29 is 0 Å². The number of nitrogens with zero attached hydrogens (tertiary/aromatic N) is 2. The molecule has 0 N–H and O–H groups in total. The summed E-state index contributed by atoms with van der Waals surface area (Å²) in [6.07, 6.45) is 3.88. The highest BCUT2D eigenvalue weighted by Crippen LogP contribution is 2.38. The number of fused-ring (bicyclic) bond motifs is 6. The van der Waals surface area contributed by atoms with E-state index in [1.807, 2.05) is 23.7 Å². The van der Waals surface area contributed by atoms with Gasteiger partial charge in [0.05, 0.1) is 11.0 Å². The predicted octanol–water partition coefficient (Wildman–Crippen LogP) is 9.59. The Morgan fingerprint density at radius 1 is 0.412 bits per heavy atom. The molecule has 0 atom stereocenters. The van der Waals surface area contributed by atoms with E-state index in [2.05, 4.69) is 192 Å². The second-order valence-corrected chi connectivity index (χ2v) is 18.1. The Morgan fingerprint density at radius 2 is 1.02 bits per heavy atom. The van der Waals surface area contributed by atoms with Crippen molar-refractivity contribution in [3.8, 4) is 16.8 Å². The molecule has 2 nitrogen and oxygen atoms in total. The Hall–Kier alpha value is -6.07. The summed E-state index contributed by atoms with van der Waals surface area (Å²) in [6.45, 7) is 0. The van der Waals surface area contributed by atoms with Gasteiger partial charge >= 0.3 is 0 Å². The maximum absolute atomic E-state index is 4.44. The fourth-order valence-corrected chi connectivity index (χ4v) is 14.0. The van der Waals surface area contributed by atoms with Crippen LogP contribution in [0.1, 0.15) is 0 Å². The van der Waals surface area contributed by atoms with Crippen LogP contribution in [0.15, 0.2) is 194 Å². The van der Waals surface area contributed by atoms with Crippen LogP contribution < -0.4 is 20.7 Å². The maximum Gasteiger partial charge on any atom is 0.179 e. The predicted molar refractivity (Wildman–Crippen MR) is 221 cm³/mol. The summed E-state index contributed by atoms with van der Waals surface area (Å²) in [5, 5.41) is 10.5. The topological polar surface area (TPSA) is 17.8 Å². The fraction of sp³-hybridized carbons (Fsp3) is 0. The van der Waals surface area contributed by atoms with Gasteiger partial charge in [-0.1, -0.05) is 140 Å². The van der Waals surface area contributed by atoms with Crippen LogP contribution in [0, 0.1) is 0 Å². The molecule has 3 aromatic heterocycles. The molecule has 0 bridgehead atoms. The molecule has 3 heterocycles. The molecule has 0 fully saturated rings. The van der Waals surface area contributed by atoms with Crippen molar-refractivity contribution in [3.05, 3.63) is 194 Å². The Kier molecular flexibility index (Phi) is 7.05. The second-order valence-electron chi connectivity index (χ2n) is 13.2. The average Bonchev–Trinajstić information content (AvgIpc) is 3.75. The molecule has 0 radical (unpaired) electrons. The van der Waals surface area contributed by atoms with Crippen LogP contribution >= 0.6 is 11.3 Å². The molecule has 4 heteroatoms. The van der Waals surface area contributed by atoms with Crippen LogP contribution in [-0.2, 0) is 0 Å². The number of pyridine rings is 1. The fourth-order valence-electron chi connectivity index (χ4n) is 8.18. The van der Waals surface area contributed by atoms with Crippen molar-refractivity contribution in [2.45, 2.75) is 0 Å². The smallest absolute Gasteiger partial charge is 0.179 e. The molecule has 0 saturated heterocycles. The van der Waals surface area contributed by atoms with Crippen molar-refractivity contribution in [1.29, 1.82) is 0 Å². The summed E-state index contributed by atoms with van der Waals surface area (Å²) < 4.78 is 4.97. The first-order chi connectivity index (χ1) is 25.3. The Bertz CT molecular complexity index is 2760. The zero-order valence-corrected chi connectivity index (χ0v) is 29.6. The zero-order chi connectivity index (χ0) is 33.8. The third-order valence-electron chi connectivity index (χ3n) is 10.4. The molecule has 0 saturated carbocycles. The van der Waals surface area contributed by atoms with Gasteiger partial charge in [0.1, 0.15) is 0 Å². The summed E-state index contributed by atoms with van der Waals surface area (Å²) in [7, 11) is -2.65. The van der Waals surface area contributed by atoms with Gasteiger partial charge in [-0.15, -0.1) is 11.3 Å². The van der Waals surface area contributed by atoms with Crippen LogP contribution in [-0.4, -0.2) is 17.6 Å². The van der Waals surface area contributed by atoms with Gasteiger partial charge in [-0.2, -0.15) is 0 Å². The number of hydrogen-bond acceptors (Lipinski definition) is 2. The van der Waals surface area contributed by atoms with Gasteiger partial charge in [-0.25, -0.2) is 0 Å². The number of rotatable bonds is 6. The lowest BCUT2D eigenvalue weighted by molar-refractivity contribution is 1.19. The quantitative estimate of drug-likeness (QED) is 0.126. The van der Waals surface area contributed by atoms with Crippen molar-refractivity contribution in [2.24, 2.45) is 0 Å². The first-order valence-electron chi connectivity index (χ1n) is 17.4. The Morgan fingerprint density at radius 3 is 1.75 bits per heavy atom. The minimum Gasteiger partial charge on any atom is -0.309 e. The molecule has 10 aromatic rings. The SMILES string of the molecule is c1ccc([Si](c2ccccc2)(c2ccccc2)c2cccc(-c3ccc4c(c3)c3ccccc3n4-c3ccc4sc5ccncc5c4c3)c2)cc1. The van der Waals surface area contributed by atoms with Crippen molar-refractivity contribution in [2.75, 3.05) is 0 Å². The molecular formula is C47H32N2SSi.